The Balaban J connectivity index is 1.87. The molecule has 3 rings (SSSR count). The molecule has 1 aromatic heterocycles. The summed E-state index contributed by atoms with van der Waals surface area (Å²) in [6.45, 7) is 0. The van der Waals surface area contributed by atoms with Gasteiger partial charge in [-0.1, -0.05) is 31.0 Å². The molecule has 6 heteroatoms. The van der Waals surface area contributed by atoms with E-state index in [1.54, 1.807) is 0 Å². The number of rotatable bonds is 4. The molecule has 0 radical (unpaired) electrons. The second-order valence-corrected chi connectivity index (χ2v) is 7.03. The van der Waals surface area contributed by atoms with Gasteiger partial charge in [0.2, 0.25) is 0 Å². The van der Waals surface area contributed by atoms with Gasteiger partial charge in [0.15, 0.2) is 0 Å². The number of benzene rings is 1. The molecule has 128 valence electrons. The van der Waals surface area contributed by atoms with Crippen LogP contribution in [0.25, 0.3) is 0 Å². The Morgan fingerprint density at radius 2 is 1.83 bits per heavy atom. The smallest absolute Gasteiger partial charge is 0.344 e. The zero-order valence-corrected chi connectivity index (χ0v) is 13.8. The Bertz CT molecular complexity index is 691. The van der Waals surface area contributed by atoms with E-state index in [1.165, 1.54) is 29.5 Å². The minimum atomic E-state index is -4.54. The highest BCUT2D eigenvalue weighted by atomic mass is 32.1. The number of hydrogen-bond acceptors (Lipinski definition) is 2. The summed E-state index contributed by atoms with van der Waals surface area (Å²) in [5, 5.41) is 4.79. The van der Waals surface area contributed by atoms with Gasteiger partial charge < -0.3 is 5.32 Å². The van der Waals surface area contributed by atoms with Crippen molar-refractivity contribution in [3.05, 3.63) is 57.8 Å². The summed E-state index contributed by atoms with van der Waals surface area (Å²) >= 11 is 1.53. The number of carbonyl (C=O) groups excluding carboxylic acids is 1. The maximum atomic E-state index is 13.1. The molecular formula is C18H18F3NOS. The predicted octanol–water partition coefficient (Wildman–Crippen LogP) is 5.43. The van der Waals surface area contributed by atoms with Gasteiger partial charge in [0, 0.05) is 4.88 Å². The Hall–Kier alpha value is -1.82. The van der Waals surface area contributed by atoms with Crippen LogP contribution in [0.15, 0.2) is 41.8 Å². The summed E-state index contributed by atoms with van der Waals surface area (Å²) in [5.41, 5.74) is -1.21. The summed E-state index contributed by atoms with van der Waals surface area (Å²) in [6, 6.07) is 8.55. The highest BCUT2D eigenvalue weighted by molar-refractivity contribution is 7.10. The van der Waals surface area contributed by atoms with Crippen LogP contribution in [0.1, 0.15) is 52.5 Å². The molecule has 1 atom stereocenters. The predicted molar refractivity (Wildman–Crippen MR) is 87.9 cm³/mol. The number of hydrogen-bond donors (Lipinski definition) is 1. The minimum Gasteiger partial charge on any atom is -0.344 e. The monoisotopic (exact) mass is 353 g/mol. The van der Waals surface area contributed by atoms with Crippen molar-refractivity contribution in [3.8, 4) is 0 Å². The lowest BCUT2D eigenvalue weighted by molar-refractivity contribution is -0.137. The third-order valence-electron chi connectivity index (χ3n) is 4.48. The maximum absolute atomic E-state index is 13.1. The van der Waals surface area contributed by atoms with Crippen LogP contribution in [0.5, 0.6) is 0 Å². The van der Waals surface area contributed by atoms with Crippen LogP contribution in [0.4, 0.5) is 13.2 Å². The zero-order chi connectivity index (χ0) is 17.2. The van der Waals surface area contributed by atoms with E-state index in [4.69, 9.17) is 0 Å². The van der Waals surface area contributed by atoms with Gasteiger partial charge in [0.25, 0.3) is 5.91 Å². The second-order valence-electron chi connectivity index (χ2n) is 6.05. The molecule has 0 saturated heterocycles. The topological polar surface area (TPSA) is 29.1 Å². The van der Waals surface area contributed by atoms with E-state index < -0.39 is 17.6 Å². The van der Waals surface area contributed by atoms with Gasteiger partial charge in [-0.15, -0.1) is 11.3 Å². The summed E-state index contributed by atoms with van der Waals surface area (Å²) in [7, 11) is 0. The number of nitrogens with one attached hydrogen (secondary N) is 1. The lowest BCUT2D eigenvalue weighted by Gasteiger charge is -2.24. The molecule has 1 N–H and O–H groups in total. The molecule has 0 spiro atoms. The van der Waals surface area contributed by atoms with Gasteiger partial charge in [0.1, 0.15) is 0 Å². The Labute approximate surface area is 142 Å². The van der Waals surface area contributed by atoms with Gasteiger partial charge in [0.05, 0.1) is 17.2 Å². The SMILES string of the molecule is O=C(NC(c1cccs1)C1CCCC1)c1ccccc1C(F)(F)F. The highest BCUT2D eigenvalue weighted by Gasteiger charge is 2.36. The zero-order valence-electron chi connectivity index (χ0n) is 13.0. The molecule has 1 amide bonds. The standard InChI is InChI=1S/C18H18F3NOS/c19-18(20,21)14-9-4-3-8-13(14)17(23)22-16(12-6-1-2-7-12)15-10-5-11-24-15/h3-5,8-12,16H,1-2,6-7H2,(H,22,23). The molecule has 2 aromatic rings. The summed E-state index contributed by atoms with van der Waals surface area (Å²) in [5.74, 6) is -0.376. The van der Waals surface area contributed by atoms with Crippen molar-refractivity contribution in [2.24, 2.45) is 5.92 Å². The first-order valence-electron chi connectivity index (χ1n) is 7.97. The number of alkyl halides is 3. The van der Waals surface area contributed by atoms with Crippen LogP contribution >= 0.6 is 11.3 Å². The maximum Gasteiger partial charge on any atom is 0.417 e. The minimum absolute atomic E-state index is 0.221. The lowest BCUT2D eigenvalue weighted by Crippen LogP contribution is -2.33. The van der Waals surface area contributed by atoms with Gasteiger partial charge in [-0.05, 0) is 42.3 Å². The van der Waals surface area contributed by atoms with Crippen molar-refractivity contribution in [2.75, 3.05) is 0 Å². The van der Waals surface area contributed by atoms with Crippen LogP contribution in [0, 0.1) is 5.92 Å². The number of halogens is 3. The van der Waals surface area contributed by atoms with Gasteiger partial charge in [-0.2, -0.15) is 13.2 Å². The lowest BCUT2D eigenvalue weighted by atomic mass is 9.96. The van der Waals surface area contributed by atoms with Gasteiger partial charge in [-0.3, -0.25) is 4.79 Å². The average Bonchev–Trinajstić information content (AvgIpc) is 3.25. The van der Waals surface area contributed by atoms with Crippen LogP contribution in [0.2, 0.25) is 0 Å². The first-order chi connectivity index (χ1) is 11.5. The highest BCUT2D eigenvalue weighted by Crippen LogP contribution is 2.38. The van der Waals surface area contributed by atoms with E-state index >= 15 is 0 Å². The van der Waals surface area contributed by atoms with E-state index in [0.29, 0.717) is 0 Å². The van der Waals surface area contributed by atoms with Crippen molar-refractivity contribution in [1.82, 2.24) is 5.32 Å². The van der Waals surface area contributed by atoms with Crippen LogP contribution in [0.3, 0.4) is 0 Å². The summed E-state index contributed by atoms with van der Waals surface area (Å²) in [6.07, 6.45) is -0.365. The molecule has 1 heterocycles. The van der Waals surface area contributed by atoms with E-state index in [1.807, 2.05) is 17.5 Å². The Morgan fingerprint density at radius 3 is 2.46 bits per heavy atom. The Morgan fingerprint density at radius 1 is 1.12 bits per heavy atom. The van der Waals surface area contributed by atoms with Crippen molar-refractivity contribution < 1.29 is 18.0 Å². The number of thiophene rings is 1. The molecule has 1 aromatic carbocycles. The van der Waals surface area contributed by atoms with Gasteiger partial charge in [-0.25, -0.2) is 0 Å². The van der Waals surface area contributed by atoms with Crippen molar-refractivity contribution in [2.45, 2.75) is 37.9 Å². The molecule has 1 aliphatic rings. The molecule has 1 unspecified atom stereocenters. The van der Waals surface area contributed by atoms with Crippen LogP contribution in [-0.4, -0.2) is 5.91 Å². The molecule has 1 aliphatic carbocycles. The second kappa shape index (κ2) is 6.97. The van der Waals surface area contributed by atoms with E-state index in [0.717, 1.165) is 36.6 Å². The first-order valence-corrected chi connectivity index (χ1v) is 8.85. The molecule has 0 bridgehead atoms. The van der Waals surface area contributed by atoms with Gasteiger partial charge >= 0.3 is 6.18 Å². The van der Waals surface area contributed by atoms with Crippen molar-refractivity contribution in [1.29, 1.82) is 0 Å². The fraction of sp³-hybridized carbons (Fsp3) is 0.389. The van der Waals surface area contributed by atoms with E-state index in [2.05, 4.69) is 5.32 Å². The molecule has 1 fully saturated rings. The first kappa shape index (κ1) is 17.0. The van der Waals surface area contributed by atoms with Crippen molar-refractivity contribution in [3.63, 3.8) is 0 Å². The van der Waals surface area contributed by atoms with Crippen LogP contribution < -0.4 is 5.32 Å². The summed E-state index contributed by atoms with van der Waals surface area (Å²) in [4.78, 5) is 13.6. The third-order valence-corrected chi connectivity index (χ3v) is 5.44. The third kappa shape index (κ3) is 3.64. The molecule has 24 heavy (non-hydrogen) atoms. The fourth-order valence-electron chi connectivity index (χ4n) is 3.33. The van der Waals surface area contributed by atoms with Crippen LogP contribution in [-0.2, 0) is 6.18 Å². The summed E-state index contributed by atoms with van der Waals surface area (Å²) < 4.78 is 39.4. The quantitative estimate of drug-likeness (QED) is 0.780. The normalized spacial score (nSPS) is 17.0. The average molecular weight is 353 g/mol. The largest absolute Gasteiger partial charge is 0.417 e. The molecule has 2 nitrogen and oxygen atoms in total. The molecular weight excluding hydrogens is 335 g/mol. The fourth-order valence-corrected chi connectivity index (χ4v) is 4.20. The number of carbonyl (C=O) groups is 1. The molecule has 1 saturated carbocycles. The van der Waals surface area contributed by atoms with E-state index in [-0.39, 0.29) is 17.5 Å². The Kier molecular flexibility index (Phi) is 4.94. The number of amides is 1. The van der Waals surface area contributed by atoms with Crippen molar-refractivity contribution >= 4 is 17.2 Å². The molecule has 0 aliphatic heterocycles. The van der Waals surface area contributed by atoms with E-state index in [9.17, 15) is 18.0 Å².